The van der Waals surface area contributed by atoms with Gasteiger partial charge in [-0.2, -0.15) is 0 Å². The van der Waals surface area contributed by atoms with Gasteiger partial charge in [-0.05, 0) is 24.2 Å². The molecule has 1 aliphatic carbocycles. The first-order valence-electron chi connectivity index (χ1n) is 4.54. The number of rotatable bonds is 1. The lowest BCUT2D eigenvalue weighted by atomic mass is 9.66. The molecule has 2 heteroatoms. The highest BCUT2D eigenvalue weighted by Crippen LogP contribution is 2.55. The van der Waals surface area contributed by atoms with Crippen LogP contribution in [0, 0.1) is 16.7 Å². The van der Waals surface area contributed by atoms with E-state index in [-0.39, 0.29) is 5.41 Å². The van der Waals surface area contributed by atoms with Gasteiger partial charge in [0.15, 0.2) is 0 Å². The van der Waals surface area contributed by atoms with Crippen molar-refractivity contribution in [1.29, 1.82) is 0 Å². The summed E-state index contributed by atoms with van der Waals surface area (Å²) in [5, 5.41) is 11.0. The van der Waals surface area contributed by atoms with Crippen LogP contribution in [0.4, 0.5) is 0 Å². The summed E-state index contributed by atoms with van der Waals surface area (Å²) >= 11 is 0. The predicted octanol–water partition coefficient (Wildman–Crippen LogP) is 1.20. The van der Waals surface area contributed by atoms with Gasteiger partial charge in [0.25, 0.3) is 0 Å². The van der Waals surface area contributed by atoms with Crippen LogP contribution in [0.25, 0.3) is 0 Å². The second kappa shape index (κ2) is 2.48. The fourth-order valence-corrected chi connectivity index (χ4v) is 2.10. The first-order valence-corrected chi connectivity index (χ1v) is 4.54. The molecule has 0 aromatic heterocycles. The van der Waals surface area contributed by atoms with Crippen molar-refractivity contribution in [2.75, 3.05) is 0 Å². The van der Waals surface area contributed by atoms with E-state index < -0.39 is 11.4 Å². The van der Waals surface area contributed by atoms with Crippen LogP contribution in [0.2, 0.25) is 0 Å². The van der Waals surface area contributed by atoms with E-state index >= 15 is 0 Å². The van der Waals surface area contributed by atoms with Gasteiger partial charge in [-0.3, -0.25) is 0 Å². The van der Waals surface area contributed by atoms with E-state index in [1.165, 1.54) is 0 Å². The van der Waals surface area contributed by atoms with E-state index in [0.29, 0.717) is 5.92 Å². The third kappa shape index (κ3) is 0.970. The van der Waals surface area contributed by atoms with Crippen LogP contribution in [0.15, 0.2) is 0 Å². The Morgan fingerprint density at radius 1 is 1.42 bits per heavy atom. The van der Waals surface area contributed by atoms with E-state index in [2.05, 4.69) is 6.92 Å². The molecular weight excluding hydrogens is 152 g/mol. The summed E-state index contributed by atoms with van der Waals surface area (Å²) in [5.41, 5.74) is -0.766. The third-order valence-corrected chi connectivity index (χ3v) is 4.18. The van der Waals surface area contributed by atoms with E-state index in [1.54, 1.807) is 0 Å². The first kappa shape index (κ1) is 9.56. The monoisotopic (exact) mass is 169 g/mol. The van der Waals surface area contributed by atoms with Crippen LogP contribution in [-0.2, 0) is 4.79 Å². The van der Waals surface area contributed by atoms with Gasteiger partial charge < -0.3 is 9.90 Å². The van der Waals surface area contributed by atoms with Gasteiger partial charge in [0.05, 0.1) is 0 Å². The SMILES string of the molecule is C[C@H]1CC[C@](C)(C(=O)[O-])C1(C)C. The highest BCUT2D eigenvalue weighted by molar-refractivity contribution is 5.73. The largest absolute Gasteiger partial charge is 0.550 e. The van der Waals surface area contributed by atoms with Crippen molar-refractivity contribution < 1.29 is 9.90 Å². The number of hydrogen-bond donors (Lipinski definition) is 0. The van der Waals surface area contributed by atoms with Crippen LogP contribution in [-0.4, -0.2) is 5.97 Å². The Bertz CT molecular complexity index is 208. The number of carbonyl (C=O) groups excluding carboxylic acids is 1. The van der Waals surface area contributed by atoms with Gasteiger partial charge in [0.1, 0.15) is 0 Å². The van der Waals surface area contributed by atoms with Crippen LogP contribution in [0.1, 0.15) is 40.5 Å². The third-order valence-electron chi connectivity index (χ3n) is 4.18. The molecule has 0 spiro atoms. The first-order chi connectivity index (χ1) is 5.32. The molecule has 0 bridgehead atoms. The summed E-state index contributed by atoms with van der Waals surface area (Å²) in [6, 6.07) is 0. The molecule has 0 radical (unpaired) electrons. The number of carbonyl (C=O) groups is 1. The van der Waals surface area contributed by atoms with Gasteiger partial charge in [-0.15, -0.1) is 0 Å². The lowest BCUT2D eigenvalue weighted by Gasteiger charge is -2.41. The molecule has 12 heavy (non-hydrogen) atoms. The topological polar surface area (TPSA) is 40.1 Å². The highest BCUT2D eigenvalue weighted by atomic mass is 16.4. The lowest BCUT2D eigenvalue weighted by Crippen LogP contribution is -2.47. The quantitative estimate of drug-likeness (QED) is 0.591. The van der Waals surface area contributed by atoms with E-state index in [4.69, 9.17) is 0 Å². The van der Waals surface area contributed by atoms with Crippen molar-refractivity contribution in [2.24, 2.45) is 16.7 Å². The second-order valence-electron chi connectivity index (χ2n) is 4.78. The van der Waals surface area contributed by atoms with E-state index in [0.717, 1.165) is 12.8 Å². The minimum Gasteiger partial charge on any atom is -0.550 e. The summed E-state index contributed by atoms with van der Waals surface area (Å²) in [5.74, 6) is -0.419. The number of carboxylic acid groups (broad SMARTS) is 1. The molecule has 1 saturated carbocycles. The van der Waals surface area contributed by atoms with Crippen LogP contribution in [0.3, 0.4) is 0 Å². The van der Waals surface area contributed by atoms with Crippen molar-refractivity contribution in [3.63, 3.8) is 0 Å². The van der Waals surface area contributed by atoms with Gasteiger partial charge in [0.2, 0.25) is 0 Å². The number of hydrogen-bond acceptors (Lipinski definition) is 2. The van der Waals surface area contributed by atoms with Crippen LogP contribution in [0.5, 0.6) is 0 Å². The molecule has 0 N–H and O–H groups in total. The summed E-state index contributed by atoms with van der Waals surface area (Å²) in [6.07, 6.45) is 1.75. The summed E-state index contributed by atoms with van der Waals surface area (Å²) < 4.78 is 0. The Kier molecular flexibility index (Phi) is 1.97. The average molecular weight is 169 g/mol. The van der Waals surface area contributed by atoms with Crippen LogP contribution >= 0.6 is 0 Å². The zero-order chi connectivity index (χ0) is 9.57. The fourth-order valence-electron chi connectivity index (χ4n) is 2.10. The fraction of sp³-hybridized carbons (Fsp3) is 0.900. The molecule has 1 aliphatic rings. The van der Waals surface area contributed by atoms with Crippen molar-refractivity contribution in [3.8, 4) is 0 Å². The van der Waals surface area contributed by atoms with E-state index in [1.807, 2.05) is 20.8 Å². The Balaban J connectivity index is 3.01. The number of carboxylic acids is 1. The minimum absolute atomic E-state index is 0.133. The molecule has 0 amide bonds. The normalized spacial score (nSPS) is 39.8. The molecular formula is C10H17O2-. The molecule has 0 unspecified atom stereocenters. The van der Waals surface area contributed by atoms with Crippen molar-refractivity contribution in [2.45, 2.75) is 40.5 Å². The predicted molar refractivity (Wildman–Crippen MR) is 45.3 cm³/mol. The molecule has 2 atom stereocenters. The van der Waals surface area contributed by atoms with E-state index in [9.17, 15) is 9.90 Å². The summed E-state index contributed by atoms with van der Waals surface area (Å²) in [6.45, 7) is 7.99. The molecule has 70 valence electrons. The molecule has 0 aromatic rings. The number of aliphatic carboxylic acids is 1. The summed E-state index contributed by atoms with van der Waals surface area (Å²) in [4.78, 5) is 11.0. The molecule has 0 saturated heterocycles. The molecule has 2 nitrogen and oxygen atoms in total. The molecule has 0 aromatic carbocycles. The van der Waals surface area contributed by atoms with Gasteiger partial charge in [0, 0.05) is 11.4 Å². The highest BCUT2D eigenvalue weighted by Gasteiger charge is 2.50. The maximum absolute atomic E-state index is 11.0. The molecule has 0 heterocycles. The Hall–Kier alpha value is -0.530. The zero-order valence-corrected chi connectivity index (χ0v) is 8.31. The molecule has 1 fully saturated rings. The molecule has 1 rings (SSSR count). The van der Waals surface area contributed by atoms with Gasteiger partial charge >= 0.3 is 0 Å². The second-order valence-corrected chi connectivity index (χ2v) is 4.78. The maximum atomic E-state index is 11.0. The minimum atomic E-state index is -0.892. The zero-order valence-electron chi connectivity index (χ0n) is 8.31. The summed E-state index contributed by atoms with van der Waals surface area (Å²) in [7, 11) is 0. The Morgan fingerprint density at radius 3 is 2.08 bits per heavy atom. The Labute approximate surface area is 74.0 Å². The standard InChI is InChI=1S/C10H18O2/c1-7-5-6-10(4,8(11)12)9(7,2)3/h7H,5-6H2,1-4H3,(H,11,12)/p-1/t7-,10+/m0/s1. The Morgan fingerprint density at radius 2 is 1.92 bits per heavy atom. The molecule has 0 aliphatic heterocycles. The van der Waals surface area contributed by atoms with Crippen LogP contribution < -0.4 is 5.11 Å². The van der Waals surface area contributed by atoms with Crippen molar-refractivity contribution >= 4 is 5.97 Å². The smallest absolute Gasteiger partial charge is 0.0478 e. The maximum Gasteiger partial charge on any atom is 0.0478 e. The average Bonchev–Trinajstić information content (AvgIpc) is 2.15. The lowest BCUT2D eigenvalue weighted by molar-refractivity contribution is -0.323. The van der Waals surface area contributed by atoms with Crippen molar-refractivity contribution in [3.05, 3.63) is 0 Å². The van der Waals surface area contributed by atoms with Gasteiger partial charge in [-0.25, -0.2) is 0 Å². The van der Waals surface area contributed by atoms with Crippen molar-refractivity contribution in [1.82, 2.24) is 0 Å². The van der Waals surface area contributed by atoms with Gasteiger partial charge in [-0.1, -0.05) is 27.7 Å².